The molecule has 21 heavy (non-hydrogen) atoms. The predicted molar refractivity (Wildman–Crippen MR) is 78.2 cm³/mol. The summed E-state index contributed by atoms with van der Waals surface area (Å²) in [5.41, 5.74) is 1.19. The van der Waals surface area contributed by atoms with Crippen molar-refractivity contribution in [1.29, 1.82) is 0 Å². The minimum absolute atomic E-state index is 0.195. The normalized spacial score (nSPS) is 10.8. The Hall–Kier alpha value is -1.86. The zero-order valence-electron chi connectivity index (χ0n) is 12.0. The Morgan fingerprint density at radius 2 is 2.24 bits per heavy atom. The summed E-state index contributed by atoms with van der Waals surface area (Å²) < 4.78 is 8.26. The fourth-order valence-electron chi connectivity index (χ4n) is 1.83. The fraction of sp³-hybridized carbons (Fsp3) is 0.462. The number of aryl methyl sites for hydroxylation is 2. The van der Waals surface area contributed by atoms with E-state index < -0.39 is 0 Å². The second kappa shape index (κ2) is 7.24. The molecule has 1 amide bonds. The van der Waals surface area contributed by atoms with E-state index in [4.69, 9.17) is 16.3 Å². The van der Waals surface area contributed by atoms with Crippen LogP contribution in [0.1, 0.15) is 22.6 Å². The number of rotatable bonds is 7. The Balaban J connectivity index is 1.73. The highest BCUT2D eigenvalue weighted by Gasteiger charge is 2.08. The van der Waals surface area contributed by atoms with Crippen LogP contribution >= 0.6 is 11.6 Å². The molecule has 0 aliphatic carbocycles. The van der Waals surface area contributed by atoms with Crippen LogP contribution in [0, 0.1) is 6.92 Å². The van der Waals surface area contributed by atoms with Gasteiger partial charge >= 0.3 is 0 Å². The van der Waals surface area contributed by atoms with E-state index in [0.29, 0.717) is 30.5 Å². The molecule has 2 heterocycles. The second-order valence-electron chi connectivity index (χ2n) is 4.59. The number of hydrogen-bond acceptors (Lipinski definition) is 4. The van der Waals surface area contributed by atoms with Gasteiger partial charge in [-0.3, -0.25) is 9.48 Å². The van der Waals surface area contributed by atoms with Crippen molar-refractivity contribution in [2.75, 3.05) is 13.7 Å². The van der Waals surface area contributed by atoms with Crippen LogP contribution in [-0.4, -0.2) is 39.1 Å². The van der Waals surface area contributed by atoms with Crippen LogP contribution in [0.2, 0.25) is 5.02 Å². The second-order valence-corrected chi connectivity index (χ2v) is 5.00. The van der Waals surface area contributed by atoms with Crippen molar-refractivity contribution >= 4 is 17.5 Å². The first-order valence-corrected chi connectivity index (χ1v) is 6.98. The van der Waals surface area contributed by atoms with E-state index in [2.05, 4.69) is 15.5 Å². The lowest BCUT2D eigenvalue weighted by molar-refractivity contribution is 0.0939. The summed E-state index contributed by atoms with van der Waals surface area (Å²) in [6.07, 6.45) is 4.25. The molecule has 0 aromatic carbocycles. The molecule has 0 bridgehead atoms. The number of methoxy groups -OCH3 is 1. The molecule has 8 heteroatoms. The van der Waals surface area contributed by atoms with Gasteiger partial charge in [-0.2, -0.15) is 10.2 Å². The van der Waals surface area contributed by atoms with Crippen LogP contribution in [0.3, 0.4) is 0 Å². The average molecular weight is 312 g/mol. The van der Waals surface area contributed by atoms with Crippen LogP contribution in [0.5, 0.6) is 0 Å². The Morgan fingerprint density at radius 1 is 1.43 bits per heavy atom. The summed E-state index contributed by atoms with van der Waals surface area (Å²) in [5, 5.41) is 11.8. The Bertz CT molecular complexity index is 588. The molecular weight excluding hydrogens is 294 g/mol. The molecule has 0 unspecified atom stereocenters. The summed E-state index contributed by atoms with van der Waals surface area (Å²) in [6, 6.07) is 1.66. The van der Waals surface area contributed by atoms with Crippen LogP contribution in [0.4, 0.5) is 0 Å². The first kappa shape index (κ1) is 15.5. The highest BCUT2D eigenvalue weighted by Crippen LogP contribution is 2.11. The third-order valence-electron chi connectivity index (χ3n) is 2.87. The van der Waals surface area contributed by atoms with Crippen LogP contribution in [-0.2, 0) is 18.0 Å². The predicted octanol–water partition coefficient (Wildman–Crippen LogP) is 1.47. The fourth-order valence-corrected chi connectivity index (χ4v) is 1.98. The number of carbonyl (C=O) groups is 1. The summed E-state index contributed by atoms with van der Waals surface area (Å²) in [6.45, 7) is 3.43. The van der Waals surface area contributed by atoms with E-state index in [1.54, 1.807) is 34.9 Å². The van der Waals surface area contributed by atoms with E-state index in [0.717, 1.165) is 12.1 Å². The van der Waals surface area contributed by atoms with Crippen molar-refractivity contribution in [3.05, 3.63) is 34.9 Å². The summed E-state index contributed by atoms with van der Waals surface area (Å²) in [5.74, 6) is -0.195. The number of carbonyl (C=O) groups excluding carboxylic acids is 1. The number of ether oxygens (including phenoxy) is 1. The number of nitrogens with one attached hydrogen (secondary N) is 1. The van der Waals surface area contributed by atoms with Gasteiger partial charge in [0.15, 0.2) is 0 Å². The largest absolute Gasteiger partial charge is 0.362 e. The molecule has 0 radical (unpaired) electrons. The monoisotopic (exact) mass is 311 g/mol. The van der Waals surface area contributed by atoms with E-state index in [-0.39, 0.29) is 5.91 Å². The molecule has 2 aromatic heterocycles. The van der Waals surface area contributed by atoms with Crippen molar-refractivity contribution in [1.82, 2.24) is 24.9 Å². The molecule has 0 spiro atoms. The molecule has 0 fully saturated rings. The van der Waals surface area contributed by atoms with Crippen LogP contribution in [0.15, 0.2) is 18.5 Å². The highest BCUT2D eigenvalue weighted by atomic mass is 35.5. The highest BCUT2D eigenvalue weighted by molar-refractivity contribution is 6.31. The summed E-state index contributed by atoms with van der Waals surface area (Å²) in [7, 11) is 1.57. The maximum Gasteiger partial charge on any atom is 0.271 e. The van der Waals surface area contributed by atoms with E-state index in [1.165, 1.54) is 0 Å². The van der Waals surface area contributed by atoms with Gasteiger partial charge in [0, 0.05) is 32.6 Å². The molecular formula is C13H18ClN5O2. The molecule has 2 rings (SSSR count). The van der Waals surface area contributed by atoms with Gasteiger partial charge in [-0.25, -0.2) is 4.68 Å². The van der Waals surface area contributed by atoms with Gasteiger partial charge in [0.25, 0.3) is 5.91 Å². The van der Waals surface area contributed by atoms with Crippen molar-refractivity contribution in [2.24, 2.45) is 0 Å². The first-order chi connectivity index (χ1) is 10.1. The van der Waals surface area contributed by atoms with Crippen molar-refractivity contribution < 1.29 is 9.53 Å². The number of nitrogens with zero attached hydrogens (tertiary/aromatic N) is 4. The zero-order chi connectivity index (χ0) is 15.2. The Morgan fingerprint density at radius 3 is 2.90 bits per heavy atom. The molecule has 0 aliphatic rings. The Labute approximate surface area is 127 Å². The molecule has 114 valence electrons. The van der Waals surface area contributed by atoms with Gasteiger partial charge in [0.2, 0.25) is 0 Å². The van der Waals surface area contributed by atoms with Gasteiger partial charge in [0.05, 0.1) is 10.7 Å². The van der Waals surface area contributed by atoms with Crippen molar-refractivity contribution in [3.63, 3.8) is 0 Å². The lowest BCUT2D eigenvalue weighted by Gasteiger charge is -2.04. The first-order valence-electron chi connectivity index (χ1n) is 6.60. The average Bonchev–Trinajstić information content (AvgIpc) is 3.03. The minimum atomic E-state index is -0.195. The minimum Gasteiger partial charge on any atom is -0.362 e. The number of amides is 1. The standard InChI is InChI=1S/C13H18ClN5O2/c1-10-11(14)8-18(16-10)6-3-5-15-13(20)12-4-7-19(17-12)9-21-2/h4,7-8H,3,5-6,9H2,1-2H3,(H,15,20). The lowest BCUT2D eigenvalue weighted by Crippen LogP contribution is -2.26. The number of aromatic nitrogens is 4. The van der Waals surface area contributed by atoms with Gasteiger partial charge in [0.1, 0.15) is 12.4 Å². The quantitative estimate of drug-likeness (QED) is 0.786. The van der Waals surface area contributed by atoms with Crippen LogP contribution in [0.25, 0.3) is 0 Å². The van der Waals surface area contributed by atoms with Gasteiger partial charge in [-0.05, 0) is 19.4 Å². The van der Waals surface area contributed by atoms with Gasteiger partial charge < -0.3 is 10.1 Å². The Kier molecular flexibility index (Phi) is 5.35. The molecule has 2 aromatic rings. The van der Waals surface area contributed by atoms with Gasteiger partial charge in [-0.1, -0.05) is 11.6 Å². The SMILES string of the molecule is COCn1ccc(C(=O)NCCCn2cc(Cl)c(C)n2)n1. The molecule has 0 saturated carbocycles. The smallest absolute Gasteiger partial charge is 0.271 e. The van der Waals surface area contributed by atoms with Crippen molar-refractivity contribution in [3.8, 4) is 0 Å². The third-order valence-corrected chi connectivity index (χ3v) is 3.24. The molecule has 7 nitrogen and oxygen atoms in total. The third kappa shape index (κ3) is 4.30. The van der Waals surface area contributed by atoms with Gasteiger partial charge in [-0.15, -0.1) is 0 Å². The zero-order valence-corrected chi connectivity index (χ0v) is 12.8. The summed E-state index contributed by atoms with van der Waals surface area (Å²) in [4.78, 5) is 11.9. The summed E-state index contributed by atoms with van der Waals surface area (Å²) >= 11 is 5.93. The van der Waals surface area contributed by atoms with E-state index in [9.17, 15) is 4.79 Å². The number of hydrogen-bond donors (Lipinski definition) is 1. The molecule has 0 saturated heterocycles. The molecule has 0 atom stereocenters. The molecule has 0 aliphatic heterocycles. The van der Waals surface area contributed by atoms with E-state index in [1.807, 2.05) is 6.92 Å². The van der Waals surface area contributed by atoms with Crippen molar-refractivity contribution in [2.45, 2.75) is 26.6 Å². The lowest BCUT2D eigenvalue weighted by atomic mass is 10.3. The number of halogens is 1. The maximum absolute atomic E-state index is 11.9. The van der Waals surface area contributed by atoms with E-state index >= 15 is 0 Å². The topological polar surface area (TPSA) is 74.0 Å². The van der Waals surface area contributed by atoms with Crippen LogP contribution < -0.4 is 5.32 Å². The molecule has 1 N–H and O–H groups in total. The maximum atomic E-state index is 11.9.